The lowest BCUT2D eigenvalue weighted by Gasteiger charge is -2.07. The topological polar surface area (TPSA) is 0 Å². The summed E-state index contributed by atoms with van der Waals surface area (Å²) in [5, 5.41) is 0. The molecule has 1 aliphatic rings. The Kier molecular flexibility index (Phi) is 4.05. The van der Waals surface area contributed by atoms with Crippen LogP contribution in [0.3, 0.4) is 0 Å². The van der Waals surface area contributed by atoms with Gasteiger partial charge in [-0.1, -0.05) is 0 Å². The van der Waals surface area contributed by atoms with Crippen molar-refractivity contribution < 1.29 is 0 Å². The lowest BCUT2D eigenvalue weighted by atomic mass is 9.98. The van der Waals surface area contributed by atoms with Crippen LogP contribution in [0.5, 0.6) is 0 Å². The van der Waals surface area contributed by atoms with Gasteiger partial charge in [0.15, 0.2) is 0 Å². The Morgan fingerprint density at radius 3 is 1.58 bits per heavy atom. The number of allylic oxidation sites excluding steroid dienone is 2. The van der Waals surface area contributed by atoms with Crippen molar-refractivity contribution in [2.24, 2.45) is 0 Å². The Bertz CT molecular complexity index is 605. The highest BCUT2D eigenvalue weighted by Gasteiger charge is 2.22. The van der Waals surface area contributed by atoms with E-state index in [1.54, 1.807) is 11.1 Å². The third-order valence-corrected chi connectivity index (χ3v) is 6.75. The highest BCUT2D eigenvalue weighted by Crippen LogP contribution is 2.45. The van der Waals surface area contributed by atoms with E-state index in [9.17, 15) is 0 Å². The molecule has 0 amide bonds. The molecule has 4 heteroatoms. The van der Waals surface area contributed by atoms with E-state index in [2.05, 4.69) is 57.8 Å². The summed E-state index contributed by atoms with van der Waals surface area (Å²) in [5.41, 5.74) is 6.03. The minimum absolute atomic E-state index is 1.21. The quantitative estimate of drug-likeness (QED) is 0.491. The molecule has 100 valence electrons. The van der Waals surface area contributed by atoms with E-state index < -0.39 is 0 Å². The van der Waals surface area contributed by atoms with Crippen LogP contribution in [0.2, 0.25) is 0 Å². The van der Waals surface area contributed by atoms with Crippen molar-refractivity contribution >= 4 is 65.7 Å². The molecule has 0 nitrogen and oxygen atoms in total. The van der Waals surface area contributed by atoms with Crippen LogP contribution in [0, 0.1) is 13.8 Å². The second-order valence-electron chi connectivity index (χ2n) is 4.85. The largest absolute Gasteiger partial charge is 0.133 e. The molecule has 0 radical (unpaired) electrons. The summed E-state index contributed by atoms with van der Waals surface area (Å²) < 4.78 is 2.48. The van der Waals surface area contributed by atoms with E-state index in [0.29, 0.717) is 0 Å². The fourth-order valence-electron chi connectivity index (χ4n) is 2.83. The average molecular weight is 418 g/mol. The zero-order valence-corrected chi connectivity index (χ0v) is 15.7. The average Bonchev–Trinajstić information content (AvgIpc) is 2.98. The second kappa shape index (κ2) is 5.47. The predicted molar refractivity (Wildman–Crippen MR) is 94.2 cm³/mol. The van der Waals surface area contributed by atoms with Gasteiger partial charge < -0.3 is 0 Å². The van der Waals surface area contributed by atoms with Gasteiger partial charge in [-0.05, 0) is 99.4 Å². The maximum atomic E-state index is 3.62. The van der Waals surface area contributed by atoms with Crippen LogP contribution in [-0.2, 0) is 0 Å². The minimum atomic E-state index is 1.21. The molecule has 0 spiro atoms. The van der Waals surface area contributed by atoms with Crippen molar-refractivity contribution in [2.45, 2.75) is 33.1 Å². The first-order valence-corrected chi connectivity index (χ1v) is 9.53. The van der Waals surface area contributed by atoms with E-state index in [1.165, 1.54) is 47.7 Å². The van der Waals surface area contributed by atoms with E-state index in [-0.39, 0.29) is 0 Å². The Balaban J connectivity index is 2.15. The van der Waals surface area contributed by atoms with Crippen LogP contribution in [-0.4, -0.2) is 0 Å². The summed E-state index contributed by atoms with van der Waals surface area (Å²) in [6.07, 6.45) is 3.71. The van der Waals surface area contributed by atoms with Crippen LogP contribution in [0.25, 0.3) is 11.1 Å². The standard InChI is InChI=1S/C15H14Br2S2/c1-8-12(6-14(16)18-8)10-4-3-5-11(10)13-7-15(17)19-9(13)2/h6-7H,3-5H2,1-2H3. The molecular weight excluding hydrogens is 404 g/mol. The molecule has 0 N–H and O–H groups in total. The van der Waals surface area contributed by atoms with Crippen molar-refractivity contribution in [3.05, 3.63) is 40.6 Å². The van der Waals surface area contributed by atoms with Crippen molar-refractivity contribution in [1.29, 1.82) is 0 Å². The number of thiophene rings is 2. The van der Waals surface area contributed by atoms with Gasteiger partial charge in [0.25, 0.3) is 0 Å². The first-order valence-electron chi connectivity index (χ1n) is 6.31. The maximum absolute atomic E-state index is 3.62. The SMILES string of the molecule is Cc1sc(Br)cc1C1=C(c2cc(Br)sc2C)CCC1. The van der Waals surface area contributed by atoms with Gasteiger partial charge in [-0.15, -0.1) is 22.7 Å². The van der Waals surface area contributed by atoms with Gasteiger partial charge >= 0.3 is 0 Å². The molecule has 19 heavy (non-hydrogen) atoms. The van der Waals surface area contributed by atoms with Gasteiger partial charge in [0, 0.05) is 9.75 Å². The zero-order chi connectivity index (χ0) is 13.6. The summed E-state index contributed by atoms with van der Waals surface area (Å²) in [6, 6.07) is 4.58. The van der Waals surface area contributed by atoms with Gasteiger partial charge in [-0.2, -0.15) is 0 Å². The van der Waals surface area contributed by atoms with Crippen LogP contribution >= 0.6 is 54.5 Å². The first kappa shape index (κ1) is 14.1. The monoisotopic (exact) mass is 416 g/mol. The van der Waals surface area contributed by atoms with Gasteiger partial charge in [0.05, 0.1) is 7.57 Å². The molecule has 0 unspecified atom stereocenters. The van der Waals surface area contributed by atoms with Gasteiger partial charge in [0.1, 0.15) is 0 Å². The fourth-order valence-corrected chi connectivity index (χ4v) is 6.27. The molecule has 3 rings (SSSR count). The molecule has 2 aromatic rings. The molecule has 0 bridgehead atoms. The lowest BCUT2D eigenvalue weighted by molar-refractivity contribution is 0.941. The third-order valence-electron chi connectivity index (χ3n) is 3.64. The molecule has 0 atom stereocenters. The van der Waals surface area contributed by atoms with Crippen LogP contribution in [0.4, 0.5) is 0 Å². The number of rotatable bonds is 2. The Morgan fingerprint density at radius 1 is 0.842 bits per heavy atom. The smallest absolute Gasteiger partial charge is 0.0707 e. The molecule has 0 saturated heterocycles. The van der Waals surface area contributed by atoms with E-state index >= 15 is 0 Å². The van der Waals surface area contributed by atoms with Gasteiger partial charge in [-0.25, -0.2) is 0 Å². The lowest BCUT2D eigenvalue weighted by Crippen LogP contribution is -1.86. The van der Waals surface area contributed by atoms with E-state index in [1.807, 2.05) is 22.7 Å². The Labute approximate surface area is 138 Å². The van der Waals surface area contributed by atoms with Crippen molar-refractivity contribution in [3.63, 3.8) is 0 Å². The molecule has 0 fully saturated rings. The second-order valence-corrected chi connectivity index (χ2v) is 10.1. The molecule has 0 aromatic carbocycles. The van der Waals surface area contributed by atoms with Crippen molar-refractivity contribution in [2.75, 3.05) is 0 Å². The Morgan fingerprint density at radius 2 is 1.26 bits per heavy atom. The first-order chi connectivity index (χ1) is 9.06. The van der Waals surface area contributed by atoms with Crippen LogP contribution in [0.1, 0.15) is 40.1 Å². The molecule has 0 saturated carbocycles. The van der Waals surface area contributed by atoms with E-state index in [4.69, 9.17) is 0 Å². The van der Waals surface area contributed by atoms with Crippen molar-refractivity contribution in [1.82, 2.24) is 0 Å². The molecule has 1 aliphatic carbocycles. The Hall–Kier alpha value is 0.1000. The summed E-state index contributed by atoms with van der Waals surface area (Å²) >= 11 is 10.9. The highest BCUT2D eigenvalue weighted by molar-refractivity contribution is 9.11. The summed E-state index contributed by atoms with van der Waals surface area (Å²) in [7, 11) is 0. The van der Waals surface area contributed by atoms with Crippen LogP contribution in [0.15, 0.2) is 19.7 Å². The zero-order valence-electron chi connectivity index (χ0n) is 10.8. The van der Waals surface area contributed by atoms with Gasteiger partial charge in [-0.3, -0.25) is 0 Å². The fraction of sp³-hybridized carbons (Fsp3) is 0.333. The normalized spacial score (nSPS) is 15.6. The minimum Gasteiger partial charge on any atom is -0.133 e. The molecule has 2 aromatic heterocycles. The van der Waals surface area contributed by atoms with Crippen molar-refractivity contribution in [3.8, 4) is 0 Å². The highest BCUT2D eigenvalue weighted by atomic mass is 79.9. The number of hydrogen-bond donors (Lipinski definition) is 0. The summed E-state index contributed by atoms with van der Waals surface area (Å²) in [6.45, 7) is 4.45. The molecular formula is C15H14Br2S2. The van der Waals surface area contributed by atoms with E-state index in [0.717, 1.165) is 0 Å². The molecule has 0 aliphatic heterocycles. The number of hydrogen-bond acceptors (Lipinski definition) is 2. The van der Waals surface area contributed by atoms with Gasteiger partial charge in [0.2, 0.25) is 0 Å². The van der Waals surface area contributed by atoms with Crippen LogP contribution < -0.4 is 0 Å². The maximum Gasteiger partial charge on any atom is 0.0707 e. The number of aryl methyl sites for hydroxylation is 2. The predicted octanol–water partition coefficient (Wildman–Crippen LogP) is 7.05. The summed E-state index contributed by atoms with van der Waals surface area (Å²) in [4.78, 5) is 2.85. The third kappa shape index (κ3) is 2.65. The molecule has 2 heterocycles. The summed E-state index contributed by atoms with van der Waals surface area (Å²) in [5.74, 6) is 0. The number of halogens is 2.